The van der Waals surface area contributed by atoms with Gasteiger partial charge >= 0.3 is 0 Å². The van der Waals surface area contributed by atoms with Gasteiger partial charge in [-0.2, -0.15) is 0 Å². The second kappa shape index (κ2) is 12.4. The second-order valence-electron chi connectivity index (χ2n) is 8.51. The van der Waals surface area contributed by atoms with Crippen molar-refractivity contribution in [1.29, 1.82) is 0 Å². The van der Waals surface area contributed by atoms with Gasteiger partial charge in [-0.15, -0.1) is 24.8 Å². The Balaban J connectivity index is 0.00000171. The predicted octanol–water partition coefficient (Wildman–Crippen LogP) is 4.91. The highest BCUT2D eigenvalue weighted by atomic mass is 35.5. The van der Waals surface area contributed by atoms with Gasteiger partial charge in [-0.1, -0.05) is 42.0 Å². The highest BCUT2D eigenvalue weighted by Crippen LogP contribution is 2.37. The minimum absolute atomic E-state index is 0. The number of nitrogens with zero attached hydrogens (tertiary/aromatic N) is 1. The summed E-state index contributed by atoms with van der Waals surface area (Å²) in [5.41, 5.74) is 5.32. The first kappa shape index (κ1) is 25.7. The van der Waals surface area contributed by atoms with Gasteiger partial charge in [0.2, 0.25) is 0 Å². The van der Waals surface area contributed by atoms with Crippen LogP contribution in [0.4, 0.5) is 0 Å². The zero-order valence-corrected chi connectivity index (χ0v) is 19.9. The number of benzene rings is 2. The lowest BCUT2D eigenvalue weighted by Gasteiger charge is -2.39. The first-order valence-electron chi connectivity index (χ1n) is 10.9. The summed E-state index contributed by atoms with van der Waals surface area (Å²) in [6.45, 7) is 7.75. The molecule has 2 aromatic carbocycles. The summed E-state index contributed by atoms with van der Waals surface area (Å²) in [6, 6.07) is 15.6. The zero-order valence-electron chi connectivity index (χ0n) is 18.2. The monoisotopic (exact) mass is 464 g/mol. The predicted molar refractivity (Wildman–Crippen MR) is 131 cm³/mol. The molecule has 0 aromatic heterocycles. The van der Waals surface area contributed by atoms with Gasteiger partial charge in [0.25, 0.3) is 0 Å². The summed E-state index contributed by atoms with van der Waals surface area (Å²) in [6.07, 6.45) is 3.87. The number of hydrogen-bond donors (Lipinski definition) is 1. The molecule has 6 heteroatoms. The topological polar surface area (TPSA) is 41.6 Å². The number of rotatable bonds is 6. The molecule has 4 rings (SSSR count). The Labute approximate surface area is 198 Å². The number of fused-ring (bicyclic) bond motifs is 1. The van der Waals surface area contributed by atoms with Crippen LogP contribution >= 0.6 is 24.8 Å². The van der Waals surface area contributed by atoms with Gasteiger partial charge in [0.05, 0.1) is 0 Å². The highest BCUT2D eigenvalue weighted by Gasteiger charge is 2.30. The molecule has 0 amide bonds. The van der Waals surface area contributed by atoms with Crippen molar-refractivity contribution in [2.24, 2.45) is 5.92 Å². The molecular weight excluding hydrogens is 431 g/mol. The van der Waals surface area contributed by atoms with E-state index in [0.29, 0.717) is 18.3 Å². The van der Waals surface area contributed by atoms with Crippen molar-refractivity contribution >= 4 is 31.1 Å². The zero-order chi connectivity index (χ0) is 20.1. The Bertz CT molecular complexity index is 829. The lowest BCUT2D eigenvalue weighted by Crippen LogP contribution is -2.39. The second-order valence-corrected chi connectivity index (χ2v) is 8.51. The molecule has 1 N–H and O–H groups in total. The van der Waals surface area contributed by atoms with E-state index in [1.54, 1.807) is 0 Å². The number of nitrogens with one attached hydrogen (secondary N) is 1. The number of aldehydes is 1. The van der Waals surface area contributed by atoms with Crippen LogP contribution in [0.25, 0.3) is 0 Å². The molecular formula is C25H34Cl2N2O2. The van der Waals surface area contributed by atoms with Crippen molar-refractivity contribution in [1.82, 2.24) is 10.2 Å². The maximum absolute atomic E-state index is 11.0. The van der Waals surface area contributed by atoms with Gasteiger partial charge in [0.1, 0.15) is 18.6 Å². The number of carbonyl (C=O) groups is 1. The van der Waals surface area contributed by atoms with Crippen LogP contribution in [-0.4, -0.2) is 37.4 Å². The first-order chi connectivity index (χ1) is 14.2. The smallest absolute Gasteiger partial charge is 0.123 e. The average Bonchev–Trinajstić information content (AvgIpc) is 2.99. The molecule has 0 bridgehead atoms. The maximum atomic E-state index is 11.0. The molecule has 1 fully saturated rings. The molecule has 1 saturated heterocycles. The molecule has 2 unspecified atom stereocenters. The van der Waals surface area contributed by atoms with E-state index in [0.717, 1.165) is 64.2 Å². The van der Waals surface area contributed by atoms with Crippen molar-refractivity contribution in [2.45, 2.75) is 45.2 Å². The van der Waals surface area contributed by atoms with Crippen molar-refractivity contribution in [3.8, 4) is 5.75 Å². The molecule has 0 spiro atoms. The number of likely N-dealkylation sites (tertiary alicyclic amines) is 1. The molecule has 31 heavy (non-hydrogen) atoms. The van der Waals surface area contributed by atoms with Gasteiger partial charge in [0.15, 0.2) is 0 Å². The van der Waals surface area contributed by atoms with E-state index in [1.807, 2.05) is 0 Å². The summed E-state index contributed by atoms with van der Waals surface area (Å²) in [4.78, 5) is 13.6. The van der Waals surface area contributed by atoms with Crippen molar-refractivity contribution in [2.75, 3.05) is 26.2 Å². The quantitative estimate of drug-likeness (QED) is 0.616. The summed E-state index contributed by atoms with van der Waals surface area (Å²) >= 11 is 0. The van der Waals surface area contributed by atoms with Crippen LogP contribution in [0.1, 0.15) is 47.4 Å². The average molecular weight is 465 g/mol. The van der Waals surface area contributed by atoms with Crippen LogP contribution < -0.4 is 10.1 Å². The van der Waals surface area contributed by atoms with E-state index in [4.69, 9.17) is 4.74 Å². The lowest BCUT2D eigenvalue weighted by molar-refractivity contribution is -0.108. The van der Waals surface area contributed by atoms with Crippen LogP contribution in [0.3, 0.4) is 0 Å². The van der Waals surface area contributed by atoms with Crippen molar-refractivity contribution in [3.63, 3.8) is 0 Å². The van der Waals surface area contributed by atoms with E-state index in [-0.39, 0.29) is 24.8 Å². The van der Waals surface area contributed by atoms with E-state index in [1.165, 1.54) is 22.3 Å². The number of aryl methyl sites for hydroxylation is 1. The summed E-state index contributed by atoms with van der Waals surface area (Å²) < 4.78 is 5.87. The third kappa shape index (κ3) is 6.69. The molecule has 4 nitrogen and oxygen atoms in total. The summed E-state index contributed by atoms with van der Waals surface area (Å²) in [5, 5.41) is 3.44. The Kier molecular flexibility index (Phi) is 10.3. The third-order valence-electron chi connectivity index (χ3n) is 6.39. The number of halogens is 2. The summed E-state index contributed by atoms with van der Waals surface area (Å²) in [7, 11) is 0. The molecule has 2 aliphatic heterocycles. The van der Waals surface area contributed by atoms with Gasteiger partial charge in [0, 0.05) is 38.2 Å². The van der Waals surface area contributed by atoms with Crippen LogP contribution in [0.2, 0.25) is 0 Å². The Hall–Kier alpha value is -1.59. The standard InChI is InChI=1S/C25H32N2O2.2ClH/c1-19-4-6-20(7-5-19)17-27-12-10-21(3-2-13-28)24(18-27)22-8-9-25-23(15-22)16-26-11-14-29-25;;/h4-9,13,15,21,24,26H,2-3,10-12,14,16-18H2,1H3;2*1H. The van der Waals surface area contributed by atoms with Gasteiger partial charge in [-0.3, -0.25) is 4.90 Å². The minimum Gasteiger partial charge on any atom is -0.492 e. The molecule has 2 aromatic rings. The molecule has 2 aliphatic rings. The highest BCUT2D eigenvalue weighted by molar-refractivity contribution is 5.85. The van der Waals surface area contributed by atoms with Crippen LogP contribution in [0.5, 0.6) is 5.75 Å². The Morgan fingerprint density at radius 1 is 1.16 bits per heavy atom. The van der Waals surface area contributed by atoms with Crippen molar-refractivity contribution in [3.05, 3.63) is 64.7 Å². The number of carbonyl (C=O) groups excluding carboxylic acids is 1. The largest absolute Gasteiger partial charge is 0.492 e. The summed E-state index contributed by atoms with van der Waals surface area (Å²) in [5.74, 6) is 2.03. The SMILES string of the molecule is Cc1ccc(CN2CCC(CCC=O)C(c3ccc4c(c3)CNCCO4)C2)cc1.Cl.Cl. The van der Waals surface area contributed by atoms with Crippen molar-refractivity contribution < 1.29 is 9.53 Å². The van der Waals surface area contributed by atoms with Gasteiger partial charge in [-0.25, -0.2) is 0 Å². The van der Waals surface area contributed by atoms with Crippen LogP contribution in [0.15, 0.2) is 42.5 Å². The van der Waals surface area contributed by atoms with E-state index in [2.05, 4.69) is 59.6 Å². The van der Waals surface area contributed by atoms with Gasteiger partial charge in [-0.05, 0) is 55.3 Å². The number of piperidine rings is 1. The van der Waals surface area contributed by atoms with E-state index >= 15 is 0 Å². The Morgan fingerprint density at radius 2 is 1.97 bits per heavy atom. The van der Waals surface area contributed by atoms with Gasteiger partial charge < -0.3 is 14.8 Å². The Morgan fingerprint density at radius 3 is 2.74 bits per heavy atom. The fraction of sp³-hybridized carbons (Fsp3) is 0.480. The molecule has 0 aliphatic carbocycles. The fourth-order valence-electron chi connectivity index (χ4n) is 4.73. The molecule has 2 atom stereocenters. The van der Waals surface area contributed by atoms with Crippen LogP contribution in [0, 0.1) is 12.8 Å². The van der Waals surface area contributed by atoms with E-state index < -0.39 is 0 Å². The van der Waals surface area contributed by atoms with Crippen LogP contribution in [-0.2, 0) is 17.9 Å². The molecule has 0 saturated carbocycles. The number of ether oxygens (including phenoxy) is 1. The number of hydrogen-bond acceptors (Lipinski definition) is 4. The first-order valence-corrected chi connectivity index (χ1v) is 10.9. The maximum Gasteiger partial charge on any atom is 0.123 e. The molecule has 170 valence electrons. The molecule has 0 radical (unpaired) electrons. The lowest BCUT2D eigenvalue weighted by atomic mass is 9.78. The van der Waals surface area contributed by atoms with E-state index in [9.17, 15) is 4.79 Å². The minimum atomic E-state index is 0. The third-order valence-corrected chi connectivity index (χ3v) is 6.39. The molecule has 2 heterocycles. The fourth-order valence-corrected chi connectivity index (χ4v) is 4.73. The normalized spacial score (nSPS) is 20.9.